The number of carbonyl (C=O) groups is 3. The molecule has 0 heterocycles. The molecule has 1 rings (SSSR count). The second-order valence-electron chi connectivity index (χ2n) is 3.96. The van der Waals surface area contributed by atoms with Crippen molar-refractivity contribution in [3.8, 4) is 0 Å². The number of hydrogen-bond donors (Lipinski definition) is 7. The van der Waals surface area contributed by atoms with E-state index in [9.17, 15) is 4.79 Å². The number of benzene rings is 1. The summed E-state index contributed by atoms with van der Waals surface area (Å²) in [4.78, 5) is 27.0. The molecule has 0 fully saturated rings. The first kappa shape index (κ1) is 37.9. The smallest absolute Gasteiger partial charge is 0.394 e. The Morgan fingerprint density at radius 2 is 1.50 bits per heavy atom. The van der Waals surface area contributed by atoms with Crippen LogP contribution in [0.3, 0.4) is 0 Å². The number of Topliss-reactive ketones (excluding diaryl/α,β-unsaturated/α-hetero) is 1. The molecule has 0 atom stereocenters. The zero-order valence-electron chi connectivity index (χ0n) is 16.2. The predicted octanol–water partition coefficient (Wildman–Crippen LogP) is -0.271. The zero-order chi connectivity index (χ0) is 25.0. The molecule has 0 unspecified atom stereocenters. The molecule has 8 N–H and O–H groups in total. The lowest BCUT2D eigenvalue weighted by molar-refractivity contribution is -0.122. The average molecular weight is 473 g/mol. The van der Waals surface area contributed by atoms with Gasteiger partial charge in [-0.2, -0.15) is 8.42 Å². The van der Waals surface area contributed by atoms with Gasteiger partial charge in [0.15, 0.2) is 10.9 Å². The highest BCUT2D eigenvalue weighted by molar-refractivity contribution is 7.80. The zero-order valence-corrected chi connectivity index (χ0v) is 17.9. The van der Waals surface area contributed by atoms with Crippen LogP contribution in [-0.2, 0) is 20.0 Å². The maximum Gasteiger partial charge on any atom is 0.394 e. The Morgan fingerprint density at radius 3 is 1.63 bits per heavy atom. The van der Waals surface area contributed by atoms with Crippen LogP contribution in [0.4, 0.5) is 0 Å². The molecule has 0 aliphatic heterocycles. The SMILES string of the molecule is C=CCNC(N)=S.C=O.CC(=O)c1ccccc1.O=CO.O=S(=O)(O)O.OCCO. The van der Waals surface area contributed by atoms with Gasteiger partial charge in [-0.15, -0.1) is 6.58 Å². The van der Waals surface area contributed by atoms with Crippen molar-refractivity contribution in [2.24, 2.45) is 5.73 Å². The fourth-order valence-corrected chi connectivity index (χ4v) is 0.929. The van der Waals surface area contributed by atoms with Crippen molar-refractivity contribution >= 4 is 46.8 Å². The topological polar surface area (TPSA) is 225 Å². The van der Waals surface area contributed by atoms with Crippen LogP contribution in [-0.4, -0.2) is 76.8 Å². The monoisotopic (exact) mass is 472 g/mol. The summed E-state index contributed by atoms with van der Waals surface area (Å²) in [6.07, 6.45) is 1.69. The van der Waals surface area contributed by atoms with Crippen molar-refractivity contribution in [3.63, 3.8) is 0 Å². The molecular weight excluding hydrogens is 444 g/mol. The quantitative estimate of drug-likeness (QED) is 0.0985. The number of carboxylic acid groups (broad SMARTS) is 1. The fraction of sp³-hybridized carbons (Fsp3) is 0.250. The predicted molar refractivity (Wildman–Crippen MR) is 116 cm³/mol. The van der Waals surface area contributed by atoms with Gasteiger partial charge in [0.25, 0.3) is 6.47 Å². The molecule has 1 aromatic rings. The second-order valence-corrected chi connectivity index (χ2v) is 5.29. The number of rotatable bonds is 4. The van der Waals surface area contributed by atoms with E-state index in [1.165, 1.54) is 0 Å². The first-order valence-corrected chi connectivity index (χ1v) is 9.20. The summed E-state index contributed by atoms with van der Waals surface area (Å²) in [5, 5.41) is 25.1. The van der Waals surface area contributed by atoms with Crippen molar-refractivity contribution < 1.29 is 47.2 Å². The Bertz CT molecular complexity index is 631. The molecular formula is C16H28N2O10S2. The molecule has 0 aliphatic carbocycles. The van der Waals surface area contributed by atoms with Crippen LogP contribution < -0.4 is 11.1 Å². The van der Waals surface area contributed by atoms with Crippen LogP contribution in [0.25, 0.3) is 0 Å². The van der Waals surface area contributed by atoms with Gasteiger partial charge in [0.05, 0.1) is 13.2 Å². The Morgan fingerprint density at radius 1 is 1.17 bits per heavy atom. The molecule has 30 heavy (non-hydrogen) atoms. The molecule has 0 bridgehead atoms. The highest BCUT2D eigenvalue weighted by atomic mass is 32.3. The number of carbonyl (C=O) groups excluding carboxylic acids is 2. The van der Waals surface area contributed by atoms with E-state index in [1.807, 2.05) is 37.1 Å². The summed E-state index contributed by atoms with van der Waals surface area (Å²) in [5.74, 6) is 0.121. The van der Waals surface area contributed by atoms with Gasteiger partial charge in [0.1, 0.15) is 6.79 Å². The highest BCUT2D eigenvalue weighted by Gasteiger charge is 1.92. The van der Waals surface area contributed by atoms with Gasteiger partial charge in [0.2, 0.25) is 0 Å². The molecule has 0 aromatic heterocycles. The average Bonchev–Trinajstić information content (AvgIpc) is 2.68. The molecule has 0 amide bonds. The van der Waals surface area contributed by atoms with Crippen LogP contribution in [0.1, 0.15) is 17.3 Å². The first-order chi connectivity index (χ1) is 13.9. The Labute approximate surface area is 180 Å². The number of nitrogens with two attached hydrogens (primary N) is 1. The summed E-state index contributed by atoms with van der Waals surface area (Å²) in [5.41, 5.74) is 5.83. The highest BCUT2D eigenvalue weighted by Crippen LogP contribution is 1.97. The number of nitrogens with one attached hydrogen (secondary N) is 1. The van der Waals surface area contributed by atoms with Gasteiger partial charge in [-0.05, 0) is 19.1 Å². The fourth-order valence-electron chi connectivity index (χ4n) is 0.846. The van der Waals surface area contributed by atoms with Gasteiger partial charge in [0, 0.05) is 12.1 Å². The minimum atomic E-state index is -4.67. The molecule has 0 aliphatic rings. The van der Waals surface area contributed by atoms with Gasteiger partial charge < -0.3 is 31.2 Å². The van der Waals surface area contributed by atoms with E-state index in [2.05, 4.69) is 24.1 Å². The third kappa shape index (κ3) is 73.1. The maximum absolute atomic E-state index is 10.6. The molecule has 12 nitrogen and oxygen atoms in total. The van der Waals surface area contributed by atoms with E-state index in [0.29, 0.717) is 11.7 Å². The lowest BCUT2D eigenvalue weighted by Gasteiger charge is -1.94. The van der Waals surface area contributed by atoms with Crippen LogP contribution >= 0.6 is 12.2 Å². The molecule has 0 spiro atoms. The van der Waals surface area contributed by atoms with Gasteiger partial charge >= 0.3 is 10.4 Å². The summed E-state index contributed by atoms with van der Waals surface area (Å²) >= 11 is 4.48. The van der Waals surface area contributed by atoms with Crippen LogP contribution in [0.5, 0.6) is 0 Å². The largest absolute Gasteiger partial charge is 0.483 e. The first-order valence-electron chi connectivity index (χ1n) is 7.39. The number of aliphatic hydroxyl groups excluding tert-OH is 2. The summed E-state index contributed by atoms with van der Waals surface area (Å²) in [6, 6.07) is 9.23. The van der Waals surface area contributed by atoms with Crippen LogP contribution in [0, 0.1) is 0 Å². The Kier molecular flexibility index (Phi) is 39.1. The Balaban J connectivity index is -0.0000000896. The van der Waals surface area contributed by atoms with Crippen molar-refractivity contribution in [1.82, 2.24) is 5.32 Å². The maximum atomic E-state index is 10.6. The molecule has 14 heteroatoms. The Hall–Kier alpha value is -2.75. The molecule has 0 saturated carbocycles. The summed E-state index contributed by atoms with van der Waals surface area (Å²) in [6.45, 7) is 7.17. The van der Waals surface area contributed by atoms with Crippen molar-refractivity contribution in [2.45, 2.75) is 6.92 Å². The minimum Gasteiger partial charge on any atom is -0.483 e. The van der Waals surface area contributed by atoms with E-state index in [0.717, 1.165) is 5.56 Å². The summed E-state index contributed by atoms with van der Waals surface area (Å²) in [7, 11) is -4.67. The van der Waals surface area contributed by atoms with Crippen molar-refractivity contribution in [1.29, 1.82) is 0 Å². The van der Waals surface area contributed by atoms with Crippen LogP contribution in [0.15, 0.2) is 43.0 Å². The second kappa shape index (κ2) is 31.0. The van der Waals surface area contributed by atoms with E-state index < -0.39 is 10.4 Å². The van der Waals surface area contributed by atoms with Gasteiger partial charge in [-0.3, -0.25) is 18.7 Å². The molecule has 0 radical (unpaired) electrons. The van der Waals surface area contributed by atoms with Gasteiger partial charge in [-0.1, -0.05) is 36.4 Å². The summed E-state index contributed by atoms with van der Waals surface area (Å²) < 4.78 is 31.6. The number of hydrogen-bond acceptors (Lipinski definition) is 8. The van der Waals surface area contributed by atoms with E-state index >= 15 is 0 Å². The van der Waals surface area contributed by atoms with Crippen molar-refractivity contribution in [3.05, 3.63) is 48.6 Å². The normalized spacial score (nSPS) is 7.90. The number of ketones is 1. The van der Waals surface area contributed by atoms with E-state index in [-0.39, 0.29) is 25.5 Å². The standard InChI is InChI=1S/C8H8O.C4H8N2S.C2H6O2.CH2O2.CH2O.H2O4S/c1-7(9)8-5-3-2-4-6-8;1-2-3-6-4(5)7;3-1-2-4;2-1-3;1-2;1-5(2,3)4/h2-6H,1H3;2H,1,3H2,(H3,5,6,7);3-4H,1-2H2;1H,(H,2,3);1H2;(H2,1,2,3,4). The van der Waals surface area contributed by atoms with Crippen LogP contribution in [0.2, 0.25) is 0 Å². The lowest BCUT2D eigenvalue weighted by Crippen LogP contribution is -2.28. The van der Waals surface area contributed by atoms with E-state index in [1.54, 1.807) is 13.0 Å². The number of aliphatic hydroxyl groups is 2. The molecule has 0 saturated heterocycles. The number of thiocarbonyl (C=S) groups is 1. The molecule has 1 aromatic carbocycles. The van der Waals surface area contributed by atoms with Crippen molar-refractivity contribution in [2.75, 3.05) is 19.8 Å². The third-order valence-corrected chi connectivity index (χ3v) is 1.85. The minimum absolute atomic E-state index is 0.121. The van der Waals surface area contributed by atoms with E-state index in [4.69, 9.17) is 48.2 Å². The third-order valence-electron chi connectivity index (χ3n) is 1.70. The van der Waals surface area contributed by atoms with Gasteiger partial charge in [-0.25, -0.2) is 0 Å². The molecule has 174 valence electrons. The lowest BCUT2D eigenvalue weighted by atomic mass is 10.2.